The number of ketones is 1. The number of aromatic nitrogens is 1. The Kier molecular flexibility index (Phi) is 2.71. The van der Waals surface area contributed by atoms with Crippen LogP contribution in [0.15, 0.2) is 36.5 Å². The van der Waals surface area contributed by atoms with Crippen LogP contribution in [0.1, 0.15) is 29.2 Å². The molecule has 1 heterocycles. The number of Topliss-reactive ketones (excluding diaryl/α,β-unsaturated/α-hetero) is 1. The van der Waals surface area contributed by atoms with Gasteiger partial charge in [-0.1, -0.05) is 6.07 Å². The number of benzene rings is 1. The monoisotopic (exact) mass is 255 g/mol. The molecular weight excluding hydrogens is 242 g/mol. The lowest BCUT2D eigenvalue weighted by Crippen LogP contribution is -2.20. The number of rotatable bonds is 1. The zero-order valence-corrected chi connectivity index (χ0v) is 10.2. The summed E-state index contributed by atoms with van der Waals surface area (Å²) in [5.41, 5.74) is 2.15. The zero-order valence-electron chi connectivity index (χ0n) is 10.2. The summed E-state index contributed by atoms with van der Waals surface area (Å²) in [5.74, 6) is -0.143. The average Bonchev–Trinajstić information content (AvgIpc) is 2.38. The van der Waals surface area contributed by atoms with Gasteiger partial charge in [0.15, 0.2) is 0 Å². The van der Waals surface area contributed by atoms with E-state index in [1.54, 1.807) is 12.3 Å². The number of hydrogen-bond donors (Lipinski definition) is 2. The lowest BCUT2D eigenvalue weighted by atomic mass is 9.79. The lowest BCUT2D eigenvalue weighted by Gasteiger charge is -2.25. The Balaban J connectivity index is 2.17. The molecule has 1 aromatic heterocycles. The highest BCUT2D eigenvalue weighted by Gasteiger charge is 2.30. The summed E-state index contributed by atoms with van der Waals surface area (Å²) in [6.45, 7) is 0. The second kappa shape index (κ2) is 4.39. The van der Waals surface area contributed by atoms with E-state index in [0.717, 1.165) is 5.69 Å². The van der Waals surface area contributed by atoms with Gasteiger partial charge in [-0.3, -0.25) is 9.78 Å². The summed E-state index contributed by atoms with van der Waals surface area (Å²) in [6.07, 6.45) is 2.26. The third-order valence-corrected chi connectivity index (χ3v) is 3.44. The number of hydrogen-bond acceptors (Lipinski definition) is 4. The third-order valence-electron chi connectivity index (χ3n) is 3.44. The van der Waals surface area contributed by atoms with Gasteiger partial charge >= 0.3 is 0 Å². The fourth-order valence-corrected chi connectivity index (χ4v) is 2.68. The van der Waals surface area contributed by atoms with Crippen molar-refractivity contribution in [2.24, 2.45) is 0 Å². The molecule has 4 heteroatoms. The molecule has 1 aromatic carbocycles. The van der Waals surface area contributed by atoms with Gasteiger partial charge in [-0.25, -0.2) is 0 Å². The summed E-state index contributed by atoms with van der Waals surface area (Å²) in [6, 6.07) is 8.37. The van der Waals surface area contributed by atoms with Gasteiger partial charge in [0.25, 0.3) is 0 Å². The fraction of sp³-hybridized carbons (Fsp3) is 0.200. The Hall–Kier alpha value is -2.36. The van der Waals surface area contributed by atoms with Crippen molar-refractivity contribution in [3.05, 3.63) is 53.3 Å². The molecule has 0 fully saturated rings. The van der Waals surface area contributed by atoms with Gasteiger partial charge in [0.2, 0.25) is 0 Å². The minimum Gasteiger partial charge on any atom is -0.508 e. The maximum absolute atomic E-state index is 11.8. The first-order valence-electron chi connectivity index (χ1n) is 6.12. The first-order chi connectivity index (χ1) is 9.15. The van der Waals surface area contributed by atoms with E-state index in [1.165, 1.54) is 6.07 Å². The number of fused-ring (bicyclic) bond motifs is 1. The standard InChI is InChI=1S/C15H13NO3/c17-10-5-9-6-11(18)8-14(19)15(9)12(7-10)13-3-1-2-4-16-13/h1-4,6,8,12,18-19H,5,7H2/t12-/m0/s1. The summed E-state index contributed by atoms with van der Waals surface area (Å²) < 4.78 is 0. The van der Waals surface area contributed by atoms with E-state index in [1.807, 2.05) is 18.2 Å². The van der Waals surface area contributed by atoms with Crippen molar-refractivity contribution in [2.45, 2.75) is 18.8 Å². The summed E-state index contributed by atoms with van der Waals surface area (Å²) >= 11 is 0. The Bertz CT molecular complexity index is 637. The molecule has 0 saturated carbocycles. The maximum atomic E-state index is 11.8. The van der Waals surface area contributed by atoms with Crippen molar-refractivity contribution in [3.8, 4) is 11.5 Å². The van der Waals surface area contributed by atoms with Gasteiger partial charge in [0.1, 0.15) is 17.3 Å². The molecule has 19 heavy (non-hydrogen) atoms. The van der Waals surface area contributed by atoms with Gasteiger partial charge in [-0.2, -0.15) is 0 Å². The molecule has 0 saturated heterocycles. The number of carbonyl (C=O) groups is 1. The van der Waals surface area contributed by atoms with Gasteiger partial charge < -0.3 is 10.2 Å². The Morgan fingerprint density at radius 2 is 2.05 bits per heavy atom. The molecule has 96 valence electrons. The summed E-state index contributed by atoms with van der Waals surface area (Å²) in [4.78, 5) is 16.1. The van der Waals surface area contributed by atoms with Crippen LogP contribution >= 0.6 is 0 Å². The number of aromatic hydroxyl groups is 2. The SMILES string of the molecule is O=C1Cc2cc(O)cc(O)c2[C@H](c2ccccn2)C1. The predicted octanol–water partition coefficient (Wildman–Crippen LogP) is 2.14. The number of phenols is 2. The minimum atomic E-state index is -0.238. The van der Waals surface area contributed by atoms with E-state index < -0.39 is 0 Å². The quantitative estimate of drug-likeness (QED) is 0.819. The topological polar surface area (TPSA) is 70.4 Å². The van der Waals surface area contributed by atoms with Crippen LogP contribution in [-0.2, 0) is 11.2 Å². The highest BCUT2D eigenvalue weighted by molar-refractivity contribution is 5.85. The van der Waals surface area contributed by atoms with Crippen molar-refractivity contribution in [3.63, 3.8) is 0 Å². The van der Waals surface area contributed by atoms with Crippen molar-refractivity contribution >= 4 is 5.78 Å². The van der Waals surface area contributed by atoms with Crippen LogP contribution in [0.5, 0.6) is 11.5 Å². The van der Waals surface area contributed by atoms with Crippen LogP contribution in [-0.4, -0.2) is 21.0 Å². The first-order valence-corrected chi connectivity index (χ1v) is 6.12. The molecule has 0 amide bonds. The molecular formula is C15H13NO3. The van der Waals surface area contributed by atoms with E-state index in [4.69, 9.17) is 0 Å². The molecule has 1 atom stereocenters. The zero-order chi connectivity index (χ0) is 13.4. The number of phenolic OH excluding ortho intramolecular Hbond substituents is 2. The molecule has 4 nitrogen and oxygen atoms in total. The first kappa shape index (κ1) is 11.7. The van der Waals surface area contributed by atoms with E-state index >= 15 is 0 Å². The Morgan fingerprint density at radius 1 is 1.21 bits per heavy atom. The molecule has 0 radical (unpaired) electrons. The molecule has 0 unspecified atom stereocenters. The van der Waals surface area contributed by atoms with Crippen LogP contribution in [0.3, 0.4) is 0 Å². The molecule has 3 rings (SSSR count). The van der Waals surface area contributed by atoms with E-state index in [0.29, 0.717) is 17.5 Å². The normalized spacial score (nSPS) is 18.1. The van der Waals surface area contributed by atoms with Gasteiger partial charge in [-0.05, 0) is 23.8 Å². The smallest absolute Gasteiger partial charge is 0.138 e. The molecule has 0 aliphatic heterocycles. The van der Waals surface area contributed by atoms with E-state index in [2.05, 4.69) is 4.98 Å². The highest BCUT2D eigenvalue weighted by atomic mass is 16.3. The van der Waals surface area contributed by atoms with Crippen LogP contribution in [0, 0.1) is 0 Å². The molecule has 0 bridgehead atoms. The molecule has 1 aliphatic carbocycles. The van der Waals surface area contributed by atoms with Gasteiger partial charge in [-0.15, -0.1) is 0 Å². The summed E-state index contributed by atoms with van der Waals surface area (Å²) in [5, 5.41) is 19.6. The largest absolute Gasteiger partial charge is 0.508 e. The van der Waals surface area contributed by atoms with Crippen LogP contribution in [0.4, 0.5) is 0 Å². The fourth-order valence-electron chi connectivity index (χ4n) is 2.68. The third kappa shape index (κ3) is 2.05. The van der Waals surface area contributed by atoms with Crippen molar-refractivity contribution in [2.75, 3.05) is 0 Å². The second-order valence-corrected chi connectivity index (χ2v) is 4.76. The number of pyridine rings is 1. The van der Waals surface area contributed by atoms with Crippen molar-refractivity contribution in [1.82, 2.24) is 4.98 Å². The van der Waals surface area contributed by atoms with E-state index in [9.17, 15) is 15.0 Å². The Morgan fingerprint density at radius 3 is 2.79 bits per heavy atom. The minimum absolute atomic E-state index is 0.0225. The average molecular weight is 255 g/mol. The highest BCUT2D eigenvalue weighted by Crippen LogP contribution is 2.41. The van der Waals surface area contributed by atoms with Crippen molar-refractivity contribution in [1.29, 1.82) is 0 Å². The van der Waals surface area contributed by atoms with Crippen LogP contribution in [0.2, 0.25) is 0 Å². The van der Waals surface area contributed by atoms with Gasteiger partial charge in [0, 0.05) is 42.3 Å². The molecule has 2 aromatic rings. The lowest BCUT2D eigenvalue weighted by molar-refractivity contribution is -0.119. The van der Waals surface area contributed by atoms with E-state index in [-0.39, 0.29) is 29.6 Å². The summed E-state index contributed by atoms with van der Waals surface area (Å²) in [7, 11) is 0. The molecule has 0 spiro atoms. The Labute approximate surface area is 110 Å². The van der Waals surface area contributed by atoms with Gasteiger partial charge in [0.05, 0.1) is 0 Å². The van der Waals surface area contributed by atoms with Crippen LogP contribution < -0.4 is 0 Å². The van der Waals surface area contributed by atoms with Crippen molar-refractivity contribution < 1.29 is 15.0 Å². The number of nitrogens with zero attached hydrogens (tertiary/aromatic N) is 1. The molecule has 1 aliphatic rings. The molecule has 2 N–H and O–H groups in total. The van der Waals surface area contributed by atoms with Crippen LogP contribution in [0.25, 0.3) is 0 Å². The maximum Gasteiger partial charge on any atom is 0.138 e. The second-order valence-electron chi connectivity index (χ2n) is 4.76. The number of carbonyl (C=O) groups excluding carboxylic acids is 1. The predicted molar refractivity (Wildman–Crippen MR) is 69.2 cm³/mol.